The number of benzene rings is 2. The Hall–Kier alpha value is -2.95. The molecule has 1 aliphatic rings. The van der Waals surface area contributed by atoms with E-state index < -0.39 is 5.92 Å². The zero-order valence-electron chi connectivity index (χ0n) is 11.0. The maximum absolute atomic E-state index is 12.1. The van der Waals surface area contributed by atoms with Crippen LogP contribution < -0.4 is 5.32 Å². The van der Waals surface area contributed by atoms with E-state index in [2.05, 4.69) is 15.5 Å². The Labute approximate surface area is 120 Å². The first-order valence-corrected chi connectivity index (χ1v) is 6.62. The summed E-state index contributed by atoms with van der Waals surface area (Å²) in [7, 11) is 0. The SMILES string of the molecule is O=C1Nc2ccccc2C1c1nc(-c2ccccc2)no1. The van der Waals surface area contributed by atoms with Gasteiger partial charge in [-0.05, 0) is 11.6 Å². The summed E-state index contributed by atoms with van der Waals surface area (Å²) in [5.41, 5.74) is 2.52. The number of aromatic nitrogens is 2. The summed E-state index contributed by atoms with van der Waals surface area (Å²) in [6.07, 6.45) is 0. The van der Waals surface area contributed by atoms with E-state index in [9.17, 15) is 4.79 Å². The minimum Gasteiger partial charge on any atom is -0.338 e. The van der Waals surface area contributed by atoms with Gasteiger partial charge in [0.25, 0.3) is 0 Å². The van der Waals surface area contributed by atoms with Gasteiger partial charge in [0.1, 0.15) is 5.92 Å². The molecule has 1 aromatic heterocycles. The standard InChI is InChI=1S/C16H11N3O2/c20-15-13(11-8-4-5-9-12(11)17-15)16-18-14(19-21-16)10-6-2-1-3-7-10/h1-9,13H,(H,17,20). The van der Waals surface area contributed by atoms with E-state index in [1.54, 1.807) is 0 Å². The Morgan fingerprint density at radius 3 is 2.62 bits per heavy atom. The lowest BCUT2D eigenvalue weighted by atomic mass is 10.0. The molecule has 1 unspecified atom stereocenters. The molecule has 21 heavy (non-hydrogen) atoms. The number of carbonyl (C=O) groups excluding carboxylic acids is 1. The number of nitrogens with zero attached hydrogens (tertiary/aromatic N) is 2. The predicted octanol–water partition coefficient (Wildman–Crippen LogP) is 2.82. The van der Waals surface area contributed by atoms with Crippen molar-refractivity contribution in [2.45, 2.75) is 5.92 Å². The lowest BCUT2D eigenvalue weighted by molar-refractivity contribution is -0.116. The molecule has 5 heteroatoms. The van der Waals surface area contributed by atoms with E-state index in [-0.39, 0.29) is 5.91 Å². The first-order valence-electron chi connectivity index (χ1n) is 6.62. The van der Waals surface area contributed by atoms with Crippen LogP contribution in [0.1, 0.15) is 17.4 Å². The van der Waals surface area contributed by atoms with Gasteiger partial charge in [-0.3, -0.25) is 4.79 Å². The van der Waals surface area contributed by atoms with Crippen molar-refractivity contribution in [2.24, 2.45) is 0 Å². The molecule has 2 aromatic carbocycles. The van der Waals surface area contributed by atoms with Crippen molar-refractivity contribution >= 4 is 11.6 Å². The zero-order valence-corrected chi connectivity index (χ0v) is 11.0. The molecular formula is C16H11N3O2. The van der Waals surface area contributed by atoms with E-state index in [4.69, 9.17) is 4.52 Å². The molecule has 0 bridgehead atoms. The smallest absolute Gasteiger partial charge is 0.244 e. The van der Waals surface area contributed by atoms with Crippen molar-refractivity contribution < 1.29 is 9.32 Å². The average Bonchev–Trinajstić information content (AvgIpc) is 3.11. The van der Waals surface area contributed by atoms with Crippen molar-refractivity contribution in [3.8, 4) is 11.4 Å². The Morgan fingerprint density at radius 2 is 1.76 bits per heavy atom. The summed E-state index contributed by atoms with van der Waals surface area (Å²) in [5.74, 6) is 0.129. The van der Waals surface area contributed by atoms with Gasteiger partial charge in [-0.15, -0.1) is 0 Å². The van der Waals surface area contributed by atoms with Gasteiger partial charge in [0, 0.05) is 11.3 Å². The monoisotopic (exact) mass is 277 g/mol. The number of rotatable bonds is 2. The average molecular weight is 277 g/mol. The van der Waals surface area contributed by atoms with Crippen molar-refractivity contribution in [2.75, 3.05) is 5.32 Å². The third-order valence-corrected chi connectivity index (χ3v) is 3.51. The second kappa shape index (κ2) is 4.56. The highest BCUT2D eigenvalue weighted by Gasteiger charge is 2.36. The molecule has 3 aromatic rings. The van der Waals surface area contributed by atoms with Crippen LogP contribution in [-0.4, -0.2) is 16.0 Å². The van der Waals surface area contributed by atoms with Gasteiger partial charge in [0.05, 0.1) is 0 Å². The fourth-order valence-electron chi connectivity index (χ4n) is 2.51. The summed E-state index contributed by atoms with van der Waals surface area (Å²) in [5, 5.41) is 6.80. The van der Waals surface area contributed by atoms with E-state index in [1.807, 2.05) is 54.6 Å². The molecule has 1 N–H and O–H groups in total. The number of amides is 1. The first-order chi connectivity index (χ1) is 10.3. The van der Waals surface area contributed by atoms with E-state index in [0.717, 1.165) is 16.8 Å². The second-order valence-corrected chi connectivity index (χ2v) is 4.83. The van der Waals surface area contributed by atoms with Crippen molar-refractivity contribution in [1.29, 1.82) is 0 Å². The van der Waals surface area contributed by atoms with Crippen LogP contribution in [-0.2, 0) is 4.79 Å². The summed E-state index contributed by atoms with van der Waals surface area (Å²) in [6, 6.07) is 17.1. The van der Waals surface area contributed by atoms with Gasteiger partial charge >= 0.3 is 0 Å². The summed E-state index contributed by atoms with van der Waals surface area (Å²) in [6.45, 7) is 0. The minimum absolute atomic E-state index is 0.139. The zero-order chi connectivity index (χ0) is 14.2. The molecular weight excluding hydrogens is 266 g/mol. The molecule has 4 rings (SSSR count). The highest BCUT2D eigenvalue weighted by molar-refractivity contribution is 6.04. The molecule has 5 nitrogen and oxygen atoms in total. The van der Waals surface area contributed by atoms with Crippen LogP contribution in [0.25, 0.3) is 11.4 Å². The molecule has 1 atom stereocenters. The van der Waals surface area contributed by atoms with E-state index in [1.165, 1.54) is 0 Å². The van der Waals surface area contributed by atoms with Crippen LogP contribution in [0.4, 0.5) is 5.69 Å². The Bertz CT molecular complexity index is 811. The van der Waals surface area contributed by atoms with Crippen LogP contribution in [0.5, 0.6) is 0 Å². The largest absolute Gasteiger partial charge is 0.338 e. The predicted molar refractivity (Wildman–Crippen MR) is 76.6 cm³/mol. The molecule has 0 spiro atoms. The summed E-state index contributed by atoms with van der Waals surface area (Å²) in [4.78, 5) is 16.5. The first kappa shape index (κ1) is 11.8. The molecule has 102 valence electrons. The van der Waals surface area contributed by atoms with Crippen LogP contribution in [0, 0.1) is 0 Å². The van der Waals surface area contributed by atoms with E-state index in [0.29, 0.717) is 11.7 Å². The highest BCUT2D eigenvalue weighted by atomic mass is 16.5. The Balaban J connectivity index is 1.75. The number of nitrogens with one attached hydrogen (secondary N) is 1. The van der Waals surface area contributed by atoms with Gasteiger partial charge < -0.3 is 9.84 Å². The van der Waals surface area contributed by atoms with Crippen molar-refractivity contribution in [3.05, 3.63) is 66.1 Å². The lowest BCUT2D eigenvalue weighted by Gasteiger charge is -2.01. The normalized spacial score (nSPS) is 16.6. The fourth-order valence-corrected chi connectivity index (χ4v) is 2.51. The van der Waals surface area contributed by atoms with E-state index >= 15 is 0 Å². The van der Waals surface area contributed by atoms with Crippen LogP contribution >= 0.6 is 0 Å². The number of para-hydroxylation sites is 1. The third-order valence-electron chi connectivity index (χ3n) is 3.51. The number of fused-ring (bicyclic) bond motifs is 1. The molecule has 1 aliphatic heterocycles. The van der Waals surface area contributed by atoms with Crippen molar-refractivity contribution in [1.82, 2.24) is 10.1 Å². The molecule has 0 fully saturated rings. The molecule has 0 saturated carbocycles. The topological polar surface area (TPSA) is 68.0 Å². The number of hydrogen-bond acceptors (Lipinski definition) is 4. The highest BCUT2D eigenvalue weighted by Crippen LogP contribution is 2.36. The van der Waals surface area contributed by atoms with Crippen LogP contribution in [0.2, 0.25) is 0 Å². The molecule has 0 radical (unpaired) electrons. The molecule has 2 heterocycles. The maximum atomic E-state index is 12.1. The molecule has 1 amide bonds. The van der Waals surface area contributed by atoms with Crippen LogP contribution in [0.3, 0.4) is 0 Å². The summed E-state index contributed by atoms with van der Waals surface area (Å²) < 4.78 is 5.31. The number of anilines is 1. The quantitative estimate of drug-likeness (QED) is 0.782. The number of carbonyl (C=O) groups is 1. The summed E-state index contributed by atoms with van der Waals surface area (Å²) >= 11 is 0. The Kier molecular flexibility index (Phi) is 2.57. The fraction of sp³-hybridized carbons (Fsp3) is 0.0625. The van der Waals surface area contributed by atoms with Gasteiger partial charge in [-0.1, -0.05) is 53.7 Å². The third kappa shape index (κ3) is 1.90. The minimum atomic E-state index is -0.536. The second-order valence-electron chi connectivity index (χ2n) is 4.83. The van der Waals surface area contributed by atoms with Gasteiger partial charge in [-0.25, -0.2) is 0 Å². The van der Waals surface area contributed by atoms with Crippen molar-refractivity contribution in [3.63, 3.8) is 0 Å². The van der Waals surface area contributed by atoms with Gasteiger partial charge in [0.15, 0.2) is 0 Å². The van der Waals surface area contributed by atoms with Gasteiger partial charge in [0.2, 0.25) is 17.6 Å². The maximum Gasteiger partial charge on any atom is 0.244 e. The lowest BCUT2D eigenvalue weighted by Crippen LogP contribution is -2.13. The number of hydrogen-bond donors (Lipinski definition) is 1. The van der Waals surface area contributed by atoms with Crippen LogP contribution in [0.15, 0.2) is 59.1 Å². The Morgan fingerprint density at radius 1 is 1.00 bits per heavy atom. The molecule has 0 saturated heterocycles. The van der Waals surface area contributed by atoms with Gasteiger partial charge in [-0.2, -0.15) is 4.98 Å². The molecule has 0 aliphatic carbocycles.